The second-order valence-electron chi connectivity index (χ2n) is 8.98. The molecule has 2 nitrogen and oxygen atoms in total. The molecule has 0 aromatic heterocycles. The zero-order valence-electron chi connectivity index (χ0n) is 16.9. The molecule has 1 N–H and O–H groups in total. The molecule has 0 spiro atoms. The molecular weight excluding hydrogens is 334 g/mol. The van der Waals surface area contributed by atoms with Gasteiger partial charge in [-0.25, -0.2) is 0 Å². The first-order chi connectivity index (χ1) is 12.3. The second-order valence-corrected chi connectivity index (χ2v) is 13.7. The first-order valence-electron chi connectivity index (χ1n) is 9.82. The van der Waals surface area contributed by atoms with Gasteiger partial charge in [-0.2, -0.15) is 0 Å². The Kier molecular flexibility index (Phi) is 5.43. The topological polar surface area (TPSA) is 21.3 Å². The predicted octanol–water partition coefficient (Wildman–Crippen LogP) is 5.70. The van der Waals surface area contributed by atoms with Crippen LogP contribution in [0.2, 0.25) is 18.1 Å². The molecule has 2 aromatic carbocycles. The van der Waals surface area contributed by atoms with Crippen LogP contribution in [0, 0.1) is 0 Å². The summed E-state index contributed by atoms with van der Waals surface area (Å²) in [6.07, 6.45) is 2.34. The molecule has 1 atom stereocenters. The Bertz CT molecular complexity index is 660. The third kappa shape index (κ3) is 3.53. The highest BCUT2D eigenvalue weighted by Crippen LogP contribution is 2.47. The fourth-order valence-electron chi connectivity index (χ4n) is 3.72. The summed E-state index contributed by atoms with van der Waals surface area (Å²) in [5, 5.41) is 3.92. The average molecular weight is 368 g/mol. The first kappa shape index (κ1) is 19.3. The molecule has 1 unspecified atom stereocenters. The van der Waals surface area contributed by atoms with Gasteiger partial charge in [-0.1, -0.05) is 81.4 Å². The summed E-state index contributed by atoms with van der Waals surface area (Å²) in [5.74, 6) is 0. The second kappa shape index (κ2) is 7.30. The van der Waals surface area contributed by atoms with Gasteiger partial charge in [0.2, 0.25) is 0 Å². The predicted molar refractivity (Wildman–Crippen MR) is 113 cm³/mol. The lowest BCUT2D eigenvalue weighted by molar-refractivity contribution is 0.0562. The lowest BCUT2D eigenvalue weighted by Gasteiger charge is -2.49. The third-order valence-electron chi connectivity index (χ3n) is 6.18. The average Bonchev–Trinajstić information content (AvgIpc) is 3.15. The molecule has 3 rings (SSSR count). The molecule has 0 radical (unpaired) electrons. The van der Waals surface area contributed by atoms with E-state index in [-0.39, 0.29) is 5.04 Å². The Hall–Kier alpha value is -1.42. The van der Waals surface area contributed by atoms with Crippen LogP contribution in [0.4, 0.5) is 0 Å². The molecular formula is C23H33NOSi. The van der Waals surface area contributed by atoms with Crippen LogP contribution in [-0.2, 0) is 10.0 Å². The molecule has 0 aliphatic carbocycles. The van der Waals surface area contributed by atoms with E-state index in [1.165, 1.54) is 17.5 Å². The SMILES string of the molecule is CC(C)(C)[Si](C)(C)OC(c1ccccc1)(c1ccccc1)C1CCCN1. The van der Waals surface area contributed by atoms with E-state index in [0.717, 1.165) is 13.0 Å². The maximum absolute atomic E-state index is 7.32. The highest BCUT2D eigenvalue weighted by molar-refractivity contribution is 6.74. The van der Waals surface area contributed by atoms with E-state index in [9.17, 15) is 0 Å². The molecule has 3 heteroatoms. The summed E-state index contributed by atoms with van der Waals surface area (Å²) in [7, 11) is -2.01. The van der Waals surface area contributed by atoms with Crippen LogP contribution in [0.5, 0.6) is 0 Å². The highest BCUT2D eigenvalue weighted by Gasteiger charge is 2.51. The fraction of sp³-hybridized carbons (Fsp3) is 0.478. The smallest absolute Gasteiger partial charge is 0.193 e. The summed E-state index contributed by atoms with van der Waals surface area (Å²) in [4.78, 5) is 0. The molecule has 0 bridgehead atoms. The van der Waals surface area contributed by atoms with Gasteiger partial charge >= 0.3 is 0 Å². The van der Waals surface area contributed by atoms with Crippen molar-refractivity contribution in [3.63, 3.8) is 0 Å². The van der Waals surface area contributed by atoms with Crippen molar-refractivity contribution in [3.05, 3.63) is 71.8 Å². The van der Waals surface area contributed by atoms with Gasteiger partial charge in [0.15, 0.2) is 8.32 Å². The standard InChI is InChI=1S/C23H33NOSi/c1-22(2,3)26(4,5)25-23(21-17-12-18-24-21,19-13-8-6-9-14-19)20-15-10-7-11-16-20/h6-11,13-16,21,24H,12,17-18H2,1-5H3. The van der Waals surface area contributed by atoms with Crippen molar-refractivity contribution < 1.29 is 4.43 Å². The summed E-state index contributed by atoms with van der Waals surface area (Å²) in [6, 6.07) is 22.0. The molecule has 2 aromatic rings. The van der Waals surface area contributed by atoms with E-state index in [4.69, 9.17) is 4.43 Å². The quantitative estimate of drug-likeness (QED) is 0.684. The molecule has 0 saturated carbocycles. The molecule has 1 aliphatic rings. The van der Waals surface area contributed by atoms with Crippen LogP contribution in [0.3, 0.4) is 0 Å². The highest BCUT2D eigenvalue weighted by atomic mass is 28.4. The van der Waals surface area contributed by atoms with E-state index in [1.807, 2.05) is 0 Å². The van der Waals surface area contributed by atoms with Crippen LogP contribution in [0.15, 0.2) is 60.7 Å². The molecule has 0 amide bonds. The van der Waals surface area contributed by atoms with Crippen molar-refractivity contribution in [2.45, 2.75) is 63.4 Å². The monoisotopic (exact) mass is 367 g/mol. The minimum atomic E-state index is -2.01. The normalized spacial score (nSPS) is 18.9. The van der Waals surface area contributed by atoms with Gasteiger partial charge in [0, 0.05) is 6.04 Å². The van der Waals surface area contributed by atoms with E-state index in [0.29, 0.717) is 6.04 Å². The van der Waals surface area contributed by atoms with Gasteiger partial charge in [0.05, 0.1) is 0 Å². The van der Waals surface area contributed by atoms with Crippen LogP contribution in [0.1, 0.15) is 44.7 Å². The number of nitrogens with one attached hydrogen (secondary N) is 1. The summed E-state index contributed by atoms with van der Waals surface area (Å²) in [5.41, 5.74) is 2.08. The lowest BCUT2D eigenvalue weighted by Crippen LogP contribution is -2.56. The molecule has 1 fully saturated rings. The van der Waals surface area contributed by atoms with Crippen molar-refractivity contribution >= 4 is 8.32 Å². The van der Waals surface area contributed by atoms with Crippen molar-refractivity contribution in [3.8, 4) is 0 Å². The minimum Gasteiger partial charge on any atom is -0.402 e. The number of rotatable bonds is 5. The van der Waals surface area contributed by atoms with E-state index in [1.54, 1.807) is 0 Å². The van der Waals surface area contributed by atoms with Crippen LogP contribution in [-0.4, -0.2) is 20.9 Å². The molecule has 140 valence electrons. The Labute approximate surface area is 160 Å². The van der Waals surface area contributed by atoms with Crippen molar-refractivity contribution in [2.24, 2.45) is 0 Å². The third-order valence-corrected chi connectivity index (χ3v) is 10.6. The first-order valence-corrected chi connectivity index (χ1v) is 12.7. The van der Waals surface area contributed by atoms with Gasteiger partial charge < -0.3 is 9.74 Å². The summed E-state index contributed by atoms with van der Waals surface area (Å²) < 4.78 is 7.32. The van der Waals surface area contributed by atoms with Gasteiger partial charge in [-0.05, 0) is 48.6 Å². The Morgan fingerprint density at radius 2 is 1.38 bits per heavy atom. The molecule has 26 heavy (non-hydrogen) atoms. The van der Waals surface area contributed by atoms with Crippen LogP contribution >= 0.6 is 0 Å². The minimum absolute atomic E-state index is 0.153. The van der Waals surface area contributed by atoms with Gasteiger partial charge in [0.25, 0.3) is 0 Å². The fourth-order valence-corrected chi connectivity index (χ4v) is 5.21. The van der Waals surface area contributed by atoms with Crippen molar-refractivity contribution in [2.75, 3.05) is 6.54 Å². The zero-order valence-corrected chi connectivity index (χ0v) is 17.9. The van der Waals surface area contributed by atoms with E-state index < -0.39 is 13.9 Å². The molecule has 1 saturated heterocycles. The Balaban J connectivity index is 2.22. The van der Waals surface area contributed by atoms with Crippen LogP contribution < -0.4 is 5.32 Å². The van der Waals surface area contributed by atoms with Crippen molar-refractivity contribution in [1.82, 2.24) is 5.32 Å². The largest absolute Gasteiger partial charge is 0.402 e. The van der Waals surface area contributed by atoms with Gasteiger partial charge in [0.1, 0.15) is 5.60 Å². The van der Waals surface area contributed by atoms with Gasteiger partial charge in [-0.3, -0.25) is 0 Å². The van der Waals surface area contributed by atoms with Crippen LogP contribution in [0.25, 0.3) is 0 Å². The van der Waals surface area contributed by atoms with Gasteiger partial charge in [-0.15, -0.1) is 0 Å². The maximum Gasteiger partial charge on any atom is 0.193 e. The van der Waals surface area contributed by atoms with E-state index >= 15 is 0 Å². The summed E-state index contributed by atoms with van der Waals surface area (Å²) >= 11 is 0. The lowest BCUT2D eigenvalue weighted by atomic mass is 9.79. The van der Waals surface area contributed by atoms with Crippen molar-refractivity contribution in [1.29, 1.82) is 0 Å². The number of hydrogen-bond acceptors (Lipinski definition) is 2. The molecule has 1 heterocycles. The van der Waals surface area contributed by atoms with E-state index in [2.05, 4.69) is 99.8 Å². The summed E-state index contributed by atoms with van der Waals surface area (Å²) in [6.45, 7) is 12.8. The molecule has 1 aliphatic heterocycles. The number of hydrogen-bond donors (Lipinski definition) is 1. The number of benzene rings is 2. The zero-order chi connectivity index (χ0) is 18.8. The Morgan fingerprint density at radius 3 is 1.77 bits per heavy atom. The Morgan fingerprint density at radius 1 is 0.885 bits per heavy atom. The maximum atomic E-state index is 7.32.